The van der Waals surface area contributed by atoms with Gasteiger partial charge in [-0.3, -0.25) is 4.68 Å². The Labute approximate surface area is 84.2 Å². The molecule has 1 rings (SSSR count). The molecule has 1 aromatic rings. The van der Waals surface area contributed by atoms with Crippen molar-refractivity contribution in [3.63, 3.8) is 0 Å². The monoisotopic (exact) mass is 198 g/mol. The standard InChI is InChI=1S/C9H18N4O/c1-3-4-10-6-8(14)5-9-11-7-12-13(9)2/h7-8,10,14H,3-6H2,1-2H3. The molecular formula is C9H18N4O. The summed E-state index contributed by atoms with van der Waals surface area (Å²) in [6, 6.07) is 0. The van der Waals surface area contributed by atoms with E-state index in [4.69, 9.17) is 0 Å². The Balaban J connectivity index is 2.27. The number of aromatic nitrogens is 3. The maximum atomic E-state index is 9.63. The Hall–Kier alpha value is -0.940. The van der Waals surface area contributed by atoms with E-state index in [0.29, 0.717) is 13.0 Å². The lowest BCUT2D eigenvalue weighted by atomic mass is 10.2. The van der Waals surface area contributed by atoms with Crippen molar-refractivity contribution in [2.24, 2.45) is 7.05 Å². The minimum atomic E-state index is -0.385. The first-order valence-electron chi connectivity index (χ1n) is 4.95. The fraction of sp³-hybridized carbons (Fsp3) is 0.778. The van der Waals surface area contributed by atoms with Crippen LogP contribution in [0.2, 0.25) is 0 Å². The third kappa shape index (κ3) is 3.43. The summed E-state index contributed by atoms with van der Waals surface area (Å²) in [6.07, 6.45) is 2.75. The minimum Gasteiger partial charge on any atom is -0.391 e. The molecule has 0 aliphatic heterocycles. The van der Waals surface area contributed by atoms with Gasteiger partial charge in [0.15, 0.2) is 0 Å². The molecule has 0 aliphatic rings. The van der Waals surface area contributed by atoms with Crippen LogP contribution in [0.5, 0.6) is 0 Å². The molecule has 5 heteroatoms. The summed E-state index contributed by atoms with van der Waals surface area (Å²) in [5.41, 5.74) is 0. The summed E-state index contributed by atoms with van der Waals surface area (Å²) in [5.74, 6) is 0.816. The number of hydrogen-bond donors (Lipinski definition) is 2. The summed E-state index contributed by atoms with van der Waals surface area (Å²) in [4.78, 5) is 4.05. The number of nitrogens with one attached hydrogen (secondary N) is 1. The molecule has 0 aromatic carbocycles. The molecule has 5 nitrogen and oxygen atoms in total. The van der Waals surface area contributed by atoms with Crippen LogP contribution in [0.15, 0.2) is 6.33 Å². The molecule has 0 radical (unpaired) electrons. The van der Waals surface area contributed by atoms with Crippen LogP contribution in [0.3, 0.4) is 0 Å². The number of aryl methyl sites for hydroxylation is 1. The molecule has 80 valence electrons. The van der Waals surface area contributed by atoms with Crippen molar-refractivity contribution in [1.82, 2.24) is 20.1 Å². The summed E-state index contributed by atoms with van der Waals surface area (Å²) in [5, 5.41) is 16.7. The second kappa shape index (κ2) is 5.72. The predicted molar refractivity (Wildman–Crippen MR) is 53.9 cm³/mol. The quantitative estimate of drug-likeness (QED) is 0.617. The van der Waals surface area contributed by atoms with E-state index in [9.17, 15) is 5.11 Å². The molecule has 0 saturated carbocycles. The molecule has 14 heavy (non-hydrogen) atoms. The van der Waals surface area contributed by atoms with E-state index < -0.39 is 0 Å². The molecule has 0 fully saturated rings. The summed E-state index contributed by atoms with van der Waals surface area (Å²) < 4.78 is 1.68. The largest absolute Gasteiger partial charge is 0.391 e. The average molecular weight is 198 g/mol. The number of aliphatic hydroxyl groups is 1. The van der Waals surface area contributed by atoms with E-state index in [1.165, 1.54) is 6.33 Å². The van der Waals surface area contributed by atoms with Crippen LogP contribution >= 0.6 is 0 Å². The highest BCUT2D eigenvalue weighted by molar-refractivity contribution is 4.86. The first-order chi connectivity index (χ1) is 6.74. The van der Waals surface area contributed by atoms with Gasteiger partial charge in [0.1, 0.15) is 12.2 Å². The molecule has 1 atom stereocenters. The predicted octanol–water partition coefficient (Wildman–Crippen LogP) is -0.282. The molecule has 0 aliphatic carbocycles. The smallest absolute Gasteiger partial charge is 0.138 e. The number of nitrogens with zero attached hydrogens (tertiary/aromatic N) is 3. The molecule has 1 unspecified atom stereocenters. The summed E-state index contributed by atoms with van der Waals surface area (Å²) >= 11 is 0. The number of hydrogen-bond acceptors (Lipinski definition) is 4. The van der Waals surface area contributed by atoms with Crippen LogP contribution in [0, 0.1) is 0 Å². The molecule has 0 amide bonds. The van der Waals surface area contributed by atoms with Gasteiger partial charge in [-0.25, -0.2) is 4.98 Å². The van der Waals surface area contributed by atoms with Crippen LogP contribution in [-0.2, 0) is 13.5 Å². The maximum absolute atomic E-state index is 9.63. The zero-order chi connectivity index (χ0) is 10.4. The van der Waals surface area contributed by atoms with Crippen LogP contribution in [0.25, 0.3) is 0 Å². The molecular weight excluding hydrogens is 180 g/mol. The normalized spacial score (nSPS) is 13.1. The fourth-order valence-electron chi connectivity index (χ4n) is 1.23. The van der Waals surface area contributed by atoms with Crippen LogP contribution in [0.1, 0.15) is 19.2 Å². The highest BCUT2D eigenvalue weighted by Crippen LogP contribution is 1.96. The zero-order valence-electron chi connectivity index (χ0n) is 8.77. The molecule has 1 heterocycles. The topological polar surface area (TPSA) is 63.0 Å². The van der Waals surface area contributed by atoms with E-state index in [-0.39, 0.29) is 6.10 Å². The maximum Gasteiger partial charge on any atom is 0.138 e. The van der Waals surface area contributed by atoms with E-state index in [2.05, 4.69) is 22.3 Å². The lowest BCUT2D eigenvalue weighted by molar-refractivity contribution is 0.168. The molecule has 1 aromatic heterocycles. The van der Waals surface area contributed by atoms with Crippen molar-refractivity contribution in [3.05, 3.63) is 12.2 Å². The van der Waals surface area contributed by atoms with Crippen molar-refractivity contribution < 1.29 is 5.11 Å². The lowest BCUT2D eigenvalue weighted by Gasteiger charge is -2.10. The van der Waals surface area contributed by atoms with Gasteiger partial charge in [0, 0.05) is 20.0 Å². The first kappa shape index (κ1) is 11.1. The van der Waals surface area contributed by atoms with Crippen LogP contribution in [0.4, 0.5) is 0 Å². The summed E-state index contributed by atoms with van der Waals surface area (Å²) in [7, 11) is 1.83. The third-order valence-corrected chi connectivity index (χ3v) is 2.03. The Bertz CT molecular complexity index is 261. The van der Waals surface area contributed by atoms with E-state index in [0.717, 1.165) is 18.8 Å². The van der Waals surface area contributed by atoms with Gasteiger partial charge in [0.05, 0.1) is 6.10 Å². The Kier molecular flexibility index (Phi) is 4.55. The first-order valence-corrected chi connectivity index (χ1v) is 4.95. The average Bonchev–Trinajstić information content (AvgIpc) is 2.52. The van der Waals surface area contributed by atoms with Crippen LogP contribution < -0.4 is 5.32 Å². The van der Waals surface area contributed by atoms with Crippen molar-refractivity contribution >= 4 is 0 Å². The van der Waals surface area contributed by atoms with Gasteiger partial charge in [-0.2, -0.15) is 5.10 Å². The SMILES string of the molecule is CCCNCC(O)Cc1ncnn1C. The summed E-state index contributed by atoms with van der Waals surface area (Å²) in [6.45, 7) is 3.65. The molecule has 0 spiro atoms. The third-order valence-electron chi connectivity index (χ3n) is 2.03. The van der Waals surface area contributed by atoms with Gasteiger partial charge < -0.3 is 10.4 Å². The van der Waals surface area contributed by atoms with Crippen LogP contribution in [-0.4, -0.2) is 39.1 Å². The van der Waals surface area contributed by atoms with Gasteiger partial charge in [-0.15, -0.1) is 0 Å². The molecule has 0 saturated heterocycles. The minimum absolute atomic E-state index is 0.385. The van der Waals surface area contributed by atoms with Crippen molar-refractivity contribution in [2.45, 2.75) is 25.9 Å². The highest BCUT2D eigenvalue weighted by atomic mass is 16.3. The lowest BCUT2D eigenvalue weighted by Crippen LogP contribution is -2.29. The van der Waals surface area contributed by atoms with Gasteiger partial charge in [0.25, 0.3) is 0 Å². The van der Waals surface area contributed by atoms with Gasteiger partial charge in [-0.1, -0.05) is 6.92 Å². The number of aliphatic hydroxyl groups excluding tert-OH is 1. The van der Waals surface area contributed by atoms with Crippen molar-refractivity contribution in [2.75, 3.05) is 13.1 Å². The van der Waals surface area contributed by atoms with E-state index in [1.54, 1.807) is 4.68 Å². The van der Waals surface area contributed by atoms with Gasteiger partial charge in [-0.05, 0) is 13.0 Å². The second-order valence-electron chi connectivity index (χ2n) is 3.36. The molecule has 0 bridgehead atoms. The van der Waals surface area contributed by atoms with Gasteiger partial charge >= 0.3 is 0 Å². The molecule has 2 N–H and O–H groups in total. The van der Waals surface area contributed by atoms with Crippen molar-refractivity contribution in [1.29, 1.82) is 0 Å². The van der Waals surface area contributed by atoms with Crippen molar-refractivity contribution in [3.8, 4) is 0 Å². The number of rotatable bonds is 6. The van der Waals surface area contributed by atoms with E-state index in [1.807, 2.05) is 7.05 Å². The fourth-order valence-corrected chi connectivity index (χ4v) is 1.23. The zero-order valence-corrected chi connectivity index (χ0v) is 8.77. The Morgan fingerprint density at radius 3 is 3.00 bits per heavy atom. The Morgan fingerprint density at radius 1 is 1.64 bits per heavy atom. The highest BCUT2D eigenvalue weighted by Gasteiger charge is 2.08. The van der Waals surface area contributed by atoms with Gasteiger partial charge in [0.2, 0.25) is 0 Å². The van der Waals surface area contributed by atoms with E-state index >= 15 is 0 Å². The second-order valence-corrected chi connectivity index (χ2v) is 3.36. The Morgan fingerprint density at radius 2 is 2.43 bits per heavy atom.